The van der Waals surface area contributed by atoms with Crippen molar-refractivity contribution in [2.24, 2.45) is 14.1 Å². The van der Waals surface area contributed by atoms with Gasteiger partial charge in [0.25, 0.3) is 11.5 Å². The number of carbonyl (C=O) groups is 3. The number of aromatic nitrogens is 4. The Hall–Kier alpha value is -3.44. The number of carbonyl (C=O) groups excluding carboxylic acids is 3. The Balaban J connectivity index is 1.68. The number of amides is 3. The van der Waals surface area contributed by atoms with E-state index < -0.39 is 35.3 Å². The third-order valence-electron chi connectivity index (χ3n) is 4.55. The summed E-state index contributed by atoms with van der Waals surface area (Å²) in [4.78, 5) is 65.1. The average molecular weight is 392 g/mol. The molecule has 1 aliphatic rings. The minimum Gasteiger partial charge on any atom is -0.452 e. The molecule has 0 bridgehead atoms. The first-order chi connectivity index (χ1) is 13.2. The van der Waals surface area contributed by atoms with E-state index in [-0.39, 0.29) is 30.7 Å². The molecule has 3 rings (SSSR count). The van der Waals surface area contributed by atoms with E-state index in [0.29, 0.717) is 6.54 Å². The minimum atomic E-state index is -1.11. The number of esters is 1. The smallest absolute Gasteiger partial charge is 0.332 e. The highest BCUT2D eigenvalue weighted by atomic mass is 16.5. The summed E-state index contributed by atoms with van der Waals surface area (Å²) in [5.74, 6) is -1.26. The topological polar surface area (TPSA) is 138 Å². The molecule has 0 aromatic carbocycles. The fourth-order valence-electron chi connectivity index (χ4n) is 2.99. The second-order valence-electron chi connectivity index (χ2n) is 6.42. The summed E-state index contributed by atoms with van der Waals surface area (Å²) in [7, 11) is 2.86. The highest BCUT2D eigenvalue weighted by Gasteiger charge is 2.31. The molecule has 1 fully saturated rings. The van der Waals surface area contributed by atoms with Gasteiger partial charge in [-0.25, -0.2) is 14.6 Å². The number of nitrogens with one attached hydrogen (secondary N) is 1. The lowest BCUT2D eigenvalue weighted by atomic mass is 10.3. The third kappa shape index (κ3) is 3.28. The van der Waals surface area contributed by atoms with Crippen molar-refractivity contribution in [1.29, 1.82) is 0 Å². The zero-order valence-corrected chi connectivity index (χ0v) is 15.7. The van der Waals surface area contributed by atoms with Crippen LogP contribution in [0.5, 0.6) is 0 Å². The van der Waals surface area contributed by atoms with Crippen molar-refractivity contribution < 1.29 is 19.1 Å². The molecule has 2 aromatic rings. The van der Waals surface area contributed by atoms with Crippen LogP contribution < -0.4 is 16.6 Å². The molecule has 28 heavy (non-hydrogen) atoms. The number of urea groups is 1. The monoisotopic (exact) mass is 392 g/mol. The Morgan fingerprint density at radius 1 is 1.25 bits per heavy atom. The first-order valence-electron chi connectivity index (χ1n) is 8.62. The third-order valence-corrected chi connectivity index (χ3v) is 4.55. The molecule has 1 saturated heterocycles. The number of ether oxygens (including phenoxy) is 1. The van der Waals surface area contributed by atoms with E-state index in [1.807, 2.05) is 0 Å². The molecule has 1 atom stereocenters. The van der Waals surface area contributed by atoms with E-state index in [2.05, 4.69) is 10.3 Å². The number of hydrogen-bond donors (Lipinski definition) is 1. The molecule has 12 nitrogen and oxygen atoms in total. The van der Waals surface area contributed by atoms with Gasteiger partial charge in [0.1, 0.15) is 0 Å². The highest BCUT2D eigenvalue weighted by molar-refractivity contribution is 5.98. The Morgan fingerprint density at radius 3 is 2.61 bits per heavy atom. The van der Waals surface area contributed by atoms with Gasteiger partial charge in [0.05, 0.1) is 12.7 Å². The molecule has 0 aliphatic carbocycles. The van der Waals surface area contributed by atoms with Gasteiger partial charge >= 0.3 is 17.7 Å². The van der Waals surface area contributed by atoms with E-state index in [4.69, 9.17) is 4.74 Å². The quantitative estimate of drug-likeness (QED) is 0.599. The standard InChI is InChI=1S/C16H20N6O6/c1-9(13(24)22-7-5-17-15(22)26)28-10(23)4-6-21-8-18-12-11(21)14(25)20(3)16(27)19(12)2/h8-9H,4-7H2,1-3H3,(H,17,26). The van der Waals surface area contributed by atoms with Crippen LogP contribution in [0.1, 0.15) is 13.3 Å². The summed E-state index contributed by atoms with van der Waals surface area (Å²) in [5.41, 5.74) is -0.617. The van der Waals surface area contributed by atoms with Crippen LogP contribution in [-0.4, -0.2) is 60.7 Å². The summed E-state index contributed by atoms with van der Waals surface area (Å²) in [6.45, 7) is 2.05. The van der Waals surface area contributed by atoms with E-state index in [9.17, 15) is 24.0 Å². The van der Waals surface area contributed by atoms with Gasteiger partial charge in [-0.3, -0.25) is 28.4 Å². The second kappa shape index (κ2) is 7.29. The molecule has 12 heteroatoms. The molecule has 3 heterocycles. The lowest BCUT2D eigenvalue weighted by molar-refractivity contribution is -0.157. The van der Waals surface area contributed by atoms with Crippen LogP contribution in [0, 0.1) is 0 Å². The largest absolute Gasteiger partial charge is 0.452 e. The van der Waals surface area contributed by atoms with Crippen LogP contribution in [0.2, 0.25) is 0 Å². The second-order valence-corrected chi connectivity index (χ2v) is 6.42. The highest BCUT2D eigenvalue weighted by Crippen LogP contribution is 2.08. The number of aryl methyl sites for hydroxylation is 2. The van der Waals surface area contributed by atoms with Crippen LogP contribution in [0.15, 0.2) is 15.9 Å². The maximum absolute atomic E-state index is 12.4. The predicted molar refractivity (Wildman–Crippen MR) is 95.5 cm³/mol. The van der Waals surface area contributed by atoms with E-state index in [1.54, 1.807) is 0 Å². The summed E-state index contributed by atoms with van der Waals surface area (Å²) in [6, 6.07) is -0.515. The molecule has 1 aliphatic heterocycles. The van der Waals surface area contributed by atoms with Crippen LogP contribution in [0.4, 0.5) is 4.79 Å². The van der Waals surface area contributed by atoms with E-state index >= 15 is 0 Å². The maximum atomic E-state index is 12.4. The van der Waals surface area contributed by atoms with Crippen LogP contribution in [0.25, 0.3) is 11.2 Å². The van der Waals surface area contributed by atoms with Gasteiger partial charge in [-0.15, -0.1) is 0 Å². The first-order valence-corrected chi connectivity index (χ1v) is 8.62. The van der Waals surface area contributed by atoms with E-state index in [0.717, 1.165) is 9.47 Å². The van der Waals surface area contributed by atoms with Gasteiger partial charge < -0.3 is 14.6 Å². The number of imidazole rings is 1. The van der Waals surface area contributed by atoms with Crippen molar-refractivity contribution in [1.82, 2.24) is 28.9 Å². The zero-order valence-electron chi connectivity index (χ0n) is 15.7. The van der Waals surface area contributed by atoms with Crippen molar-refractivity contribution in [3.63, 3.8) is 0 Å². The summed E-state index contributed by atoms with van der Waals surface area (Å²) in [6.07, 6.45) is 0.132. The minimum absolute atomic E-state index is 0.0773. The van der Waals surface area contributed by atoms with Gasteiger partial charge in [0.2, 0.25) is 0 Å². The summed E-state index contributed by atoms with van der Waals surface area (Å²) in [5, 5.41) is 2.50. The molecule has 150 valence electrons. The lowest BCUT2D eigenvalue weighted by Crippen LogP contribution is -2.41. The summed E-state index contributed by atoms with van der Waals surface area (Å²) >= 11 is 0. The van der Waals surface area contributed by atoms with Crippen LogP contribution in [0.3, 0.4) is 0 Å². The fraction of sp³-hybridized carbons (Fsp3) is 0.500. The molecule has 1 N–H and O–H groups in total. The average Bonchev–Trinajstić information content (AvgIpc) is 3.28. The number of imide groups is 1. The zero-order chi connectivity index (χ0) is 20.6. The maximum Gasteiger partial charge on any atom is 0.332 e. The molecular formula is C16H20N6O6. The molecule has 0 radical (unpaired) electrons. The van der Waals surface area contributed by atoms with Gasteiger partial charge in [0, 0.05) is 33.7 Å². The first kappa shape index (κ1) is 19.3. The van der Waals surface area contributed by atoms with Crippen molar-refractivity contribution in [3.05, 3.63) is 27.2 Å². The number of fused-ring (bicyclic) bond motifs is 1. The normalized spacial score (nSPS) is 15.0. The molecule has 2 aromatic heterocycles. The van der Waals surface area contributed by atoms with Crippen molar-refractivity contribution in [3.8, 4) is 0 Å². The molecule has 3 amide bonds. The molecule has 0 saturated carbocycles. The van der Waals surface area contributed by atoms with Gasteiger partial charge in [-0.2, -0.15) is 0 Å². The lowest BCUT2D eigenvalue weighted by Gasteiger charge is -2.18. The predicted octanol–water partition coefficient (Wildman–Crippen LogP) is -1.69. The number of hydrogen-bond acceptors (Lipinski definition) is 7. The van der Waals surface area contributed by atoms with Crippen molar-refractivity contribution in [2.45, 2.75) is 26.0 Å². The van der Waals surface area contributed by atoms with Crippen molar-refractivity contribution >= 4 is 29.1 Å². The SMILES string of the molecule is CC(OC(=O)CCn1cnc2c1c(=O)n(C)c(=O)n2C)C(=O)N1CCNC1=O. The Bertz CT molecular complexity index is 1080. The Kier molecular flexibility index (Phi) is 5.03. The van der Waals surface area contributed by atoms with Crippen LogP contribution in [-0.2, 0) is 35.0 Å². The summed E-state index contributed by atoms with van der Waals surface area (Å²) < 4.78 is 8.76. The Labute approximate surface area is 158 Å². The van der Waals surface area contributed by atoms with E-state index in [1.165, 1.54) is 36.5 Å². The fourth-order valence-corrected chi connectivity index (χ4v) is 2.99. The van der Waals surface area contributed by atoms with Crippen molar-refractivity contribution in [2.75, 3.05) is 13.1 Å². The molecule has 0 spiro atoms. The molecule has 1 unspecified atom stereocenters. The van der Waals surface area contributed by atoms with Crippen LogP contribution >= 0.6 is 0 Å². The van der Waals surface area contributed by atoms with Gasteiger partial charge in [-0.1, -0.05) is 0 Å². The Morgan fingerprint density at radius 2 is 1.96 bits per heavy atom. The number of rotatable bonds is 5. The van der Waals surface area contributed by atoms with Gasteiger partial charge in [0.15, 0.2) is 17.3 Å². The molecular weight excluding hydrogens is 372 g/mol. The number of nitrogens with zero attached hydrogens (tertiary/aromatic N) is 5. The van der Waals surface area contributed by atoms with Gasteiger partial charge in [-0.05, 0) is 6.92 Å².